The molecule has 0 saturated heterocycles. The van der Waals surface area contributed by atoms with E-state index in [-0.39, 0.29) is 6.42 Å². The number of hydrogen-bond donors (Lipinski definition) is 1. The summed E-state index contributed by atoms with van der Waals surface area (Å²) in [5.74, 6) is 0.883. The van der Waals surface area contributed by atoms with Gasteiger partial charge in [0.2, 0.25) is 0 Å². The molecule has 11 nitrogen and oxygen atoms in total. The lowest BCUT2D eigenvalue weighted by atomic mass is 10.2. The number of nitrogens with zero attached hydrogens (tertiary/aromatic N) is 3. The molecule has 1 unspecified atom stereocenters. The summed E-state index contributed by atoms with van der Waals surface area (Å²) in [5.41, 5.74) is 7.32. The Morgan fingerprint density at radius 2 is 2.00 bits per heavy atom. The van der Waals surface area contributed by atoms with Crippen LogP contribution in [0.1, 0.15) is 22.0 Å². The van der Waals surface area contributed by atoms with E-state index >= 15 is 0 Å². The SMILES string of the molecule is Cc1ncc(Cn2c(C)c(CCOP(=O)([O-])OP(=O)([O-])[O-])sc2=S)c(N)n1. The van der Waals surface area contributed by atoms with Crippen LogP contribution in [0.15, 0.2) is 6.20 Å². The number of phosphoric ester groups is 1. The summed E-state index contributed by atoms with van der Waals surface area (Å²) in [4.78, 5) is 40.9. The van der Waals surface area contributed by atoms with E-state index in [0.29, 0.717) is 27.7 Å². The normalized spacial score (nSPS) is 14.3. The summed E-state index contributed by atoms with van der Waals surface area (Å²) < 4.78 is 31.7. The first-order chi connectivity index (χ1) is 12.4. The zero-order valence-electron chi connectivity index (χ0n) is 14.2. The van der Waals surface area contributed by atoms with Gasteiger partial charge in [-0.2, -0.15) is 0 Å². The van der Waals surface area contributed by atoms with Gasteiger partial charge in [-0.1, -0.05) is 0 Å². The Bertz CT molecular complexity index is 987. The minimum atomic E-state index is -5.70. The lowest BCUT2D eigenvalue weighted by Gasteiger charge is -2.35. The quantitative estimate of drug-likeness (QED) is 0.426. The first-order valence-corrected chi connectivity index (χ1v) is 11.5. The molecule has 0 spiro atoms. The lowest BCUT2D eigenvalue weighted by molar-refractivity contribution is -0.339. The zero-order valence-corrected chi connectivity index (χ0v) is 17.6. The fraction of sp³-hybridized carbons (Fsp3) is 0.417. The Hall–Kier alpha value is -1.01. The van der Waals surface area contributed by atoms with Crippen LogP contribution in [0.4, 0.5) is 5.82 Å². The van der Waals surface area contributed by atoms with Crippen molar-refractivity contribution in [2.24, 2.45) is 0 Å². The van der Waals surface area contributed by atoms with E-state index in [1.54, 1.807) is 24.6 Å². The highest BCUT2D eigenvalue weighted by Gasteiger charge is 2.15. The summed E-state index contributed by atoms with van der Waals surface area (Å²) in [5, 5.41) is 0. The zero-order chi connectivity index (χ0) is 20.4. The van der Waals surface area contributed by atoms with Gasteiger partial charge < -0.3 is 34.1 Å². The van der Waals surface area contributed by atoms with Crippen molar-refractivity contribution in [1.29, 1.82) is 0 Å². The molecule has 1 atom stereocenters. The van der Waals surface area contributed by atoms with E-state index in [2.05, 4.69) is 18.8 Å². The highest BCUT2D eigenvalue weighted by atomic mass is 32.1. The molecule has 2 aromatic heterocycles. The van der Waals surface area contributed by atoms with Gasteiger partial charge in [0.1, 0.15) is 11.6 Å². The maximum Gasteiger partial charge on any atom is 0.271 e. The van der Waals surface area contributed by atoms with Gasteiger partial charge in [0.25, 0.3) is 7.82 Å². The molecule has 150 valence electrons. The molecular weight excluding hydrogens is 438 g/mol. The highest BCUT2D eigenvalue weighted by Crippen LogP contribution is 2.50. The van der Waals surface area contributed by atoms with Gasteiger partial charge in [-0.15, -0.1) is 11.3 Å². The molecule has 0 bridgehead atoms. The minimum Gasteiger partial charge on any atom is -0.790 e. The number of hydrogen-bond acceptors (Lipinski definition) is 12. The van der Waals surface area contributed by atoms with Gasteiger partial charge in [0.15, 0.2) is 3.95 Å². The molecule has 27 heavy (non-hydrogen) atoms. The summed E-state index contributed by atoms with van der Waals surface area (Å²) in [7, 11) is -10.9. The van der Waals surface area contributed by atoms with Crippen LogP contribution >= 0.6 is 39.2 Å². The third kappa shape index (κ3) is 6.53. The Labute approximate surface area is 163 Å². The van der Waals surface area contributed by atoms with E-state index in [9.17, 15) is 23.8 Å². The highest BCUT2D eigenvalue weighted by molar-refractivity contribution is 7.73. The molecule has 2 aromatic rings. The number of aromatic nitrogens is 3. The minimum absolute atomic E-state index is 0.116. The molecular formula is C12H15N4O7P2S2-3. The molecule has 2 N–H and O–H groups in total. The molecule has 0 radical (unpaired) electrons. The first kappa shape index (κ1) is 22.3. The molecule has 0 aromatic carbocycles. The van der Waals surface area contributed by atoms with Crippen LogP contribution in [-0.2, 0) is 30.9 Å². The van der Waals surface area contributed by atoms with Crippen molar-refractivity contribution in [2.45, 2.75) is 26.8 Å². The fourth-order valence-electron chi connectivity index (χ4n) is 2.14. The van der Waals surface area contributed by atoms with Gasteiger partial charge in [-0.05, 0) is 26.1 Å². The smallest absolute Gasteiger partial charge is 0.271 e. The third-order valence-electron chi connectivity index (χ3n) is 3.36. The molecule has 2 heterocycles. The van der Waals surface area contributed by atoms with Crippen molar-refractivity contribution < 1.29 is 32.6 Å². The van der Waals surface area contributed by atoms with Crippen molar-refractivity contribution in [3.05, 3.63) is 32.1 Å². The largest absolute Gasteiger partial charge is 0.790 e. The van der Waals surface area contributed by atoms with Crippen molar-refractivity contribution in [3.8, 4) is 0 Å². The van der Waals surface area contributed by atoms with E-state index in [1.807, 2.05) is 0 Å². The maximum absolute atomic E-state index is 11.3. The fourth-order valence-corrected chi connectivity index (χ4v) is 5.09. The number of phosphoric acid groups is 2. The van der Waals surface area contributed by atoms with Gasteiger partial charge in [0.05, 0.1) is 21.0 Å². The predicted molar refractivity (Wildman–Crippen MR) is 94.1 cm³/mol. The Balaban J connectivity index is 2.08. The lowest BCUT2D eigenvalue weighted by Crippen LogP contribution is -2.19. The van der Waals surface area contributed by atoms with Crippen LogP contribution in [0, 0.1) is 17.8 Å². The van der Waals surface area contributed by atoms with Crippen molar-refractivity contribution in [1.82, 2.24) is 14.5 Å². The van der Waals surface area contributed by atoms with Crippen LogP contribution < -0.4 is 20.4 Å². The Morgan fingerprint density at radius 1 is 1.33 bits per heavy atom. The summed E-state index contributed by atoms with van der Waals surface area (Å²) in [6.45, 7) is 3.43. The predicted octanol–water partition coefficient (Wildman–Crippen LogP) is 0.189. The number of anilines is 1. The molecule has 0 aliphatic carbocycles. The average Bonchev–Trinajstić information content (AvgIpc) is 2.74. The first-order valence-electron chi connectivity index (χ1n) is 7.34. The summed E-state index contributed by atoms with van der Waals surface area (Å²) >= 11 is 6.56. The number of rotatable bonds is 8. The number of thiazole rings is 1. The second-order valence-electron chi connectivity index (χ2n) is 5.35. The standard InChI is InChI=1S/C12H18N4O7P2S2/c1-7-10(3-4-22-25(20,21)23-24(17,18)19)27-12(26)16(7)6-9-5-14-8(2)15-11(9)13/h5H,3-4,6H2,1-2H3,(H,20,21)(H2,13,14,15)(H2,17,18,19)/p-3. The number of nitrogen functional groups attached to an aromatic ring is 1. The van der Waals surface area contributed by atoms with Crippen molar-refractivity contribution in [3.63, 3.8) is 0 Å². The van der Waals surface area contributed by atoms with Gasteiger partial charge in [0, 0.05) is 28.8 Å². The van der Waals surface area contributed by atoms with E-state index in [1.165, 1.54) is 11.3 Å². The molecule has 2 rings (SSSR count). The molecule has 0 aliphatic heterocycles. The monoisotopic (exact) mass is 453 g/mol. The van der Waals surface area contributed by atoms with Gasteiger partial charge >= 0.3 is 0 Å². The van der Waals surface area contributed by atoms with Crippen molar-refractivity contribution in [2.75, 3.05) is 12.3 Å². The molecule has 0 aliphatic rings. The average molecular weight is 453 g/mol. The Kier molecular flexibility index (Phi) is 7.06. The Morgan fingerprint density at radius 3 is 2.59 bits per heavy atom. The van der Waals surface area contributed by atoms with Crippen LogP contribution in [0.25, 0.3) is 0 Å². The molecule has 0 saturated carbocycles. The summed E-state index contributed by atoms with van der Waals surface area (Å²) in [6, 6.07) is 0. The van der Waals surface area contributed by atoms with E-state index in [4.69, 9.17) is 18.0 Å². The van der Waals surface area contributed by atoms with Gasteiger partial charge in [-0.3, -0.25) is 8.88 Å². The second kappa shape index (κ2) is 8.56. The molecule has 0 amide bonds. The van der Waals surface area contributed by atoms with Crippen LogP contribution in [0.2, 0.25) is 0 Å². The number of aryl methyl sites for hydroxylation is 1. The van der Waals surface area contributed by atoms with Gasteiger partial charge in [-0.25, -0.2) is 9.97 Å². The number of nitrogens with two attached hydrogens (primary N) is 1. The molecule has 0 fully saturated rings. The summed E-state index contributed by atoms with van der Waals surface area (Å²) in [6.07, 6.45) is 1.72. The van der Waals surface area contributed by atoms with Crippen LogP contribution in [0.3, 0.4) is 0 Å². The third-order valence-corrected chi connectivity index (χ3v) is 7.07. The topological polar surface area (TPSA) is 179 Å². The van der Waals surface area contributed by atoms with Crippen molar-refractivity contribution >= 4 is 45.0 Å². The van der Waals surface area contributed by atoms with Crippen LogP contribution in [0.5, 0.6) is 0 Å². The van der Waals surface area contributed by atoms with E-state index in [0.717, 1.165) is 10.6 Å². The maximum atomic E-state index is 11.3. The van der Waals surface area contributed by atoms with E-state index < -0.39 is 22.3 Å². The molecule has 15 heteroatoms. The second-order valence-corrected chi connectivity index (χ2v) is 9.78. The van der Waals surface area contributed by atoms with Crippen LogP contribution in [-0.4, -0.2) is 21.1 Å².